The fourth-order valence-corrected chi connectivity index (χ4v) is 2.61. The number of nitrogens with one attached hydrogen (secondary N) is 1. The molecule has 0 amide bonds. The lowest BCUT2D eigenvalue weighted by Crippen LogP contribution is -2.23. The lowest BCUT2D eigenvalue weighted by molar-refractivity contribution is 0.466. The molecule has 2 aromatic rings. The second kappa shape index (κ2) is 4.82. The van der Waals surface area contributed by atoms with E-state index in [1.807, 2.05) is 0 Å². The number of hydrogen-bond acceptors (Lipinski definition) is 3. The van der Waals surface area contributed by atoms with E-state index in [1.165, 1.54) is 5.56 Å². The van der Waals surface area contributed by atoms with E-state index in [4.69, 9.17) is 4.42 Å². The summed E-state index contributed by atoms with van der Waals surface area (Å²) in [6.45, 7) is 5.06. The zero-order valence-corrected chi connectivity index (χ0v) is 11.5. The zero-order valence-electron chi connectivity index (χ0n) is 11.5. The molecule has 3 nitrogen and oxygen atoms in total. The van der Waals surface area contributed by atoms with Crippen molar-refractivity contribution in [1.29, 1.82) is 0 Å². The van der Waals surface area contributed by atoms with Crippen LogP contribution in [0.5, 0.6) is 0 Å². The van der Waals surface area contributed by atoms with Crippen LogP contribution in [0.4, 0.5) is 0 Å². The number of nitrogens with zero attached hydrogens (tertiary/aromatic N) is 1. The Balaban J connectivity index is 1.89. The Labute approximate surface area is 114 Å². The van der Waals surface area contributed by atoms with Crippen LogP contribution >= 0.6 is 0 Å². The number of oxazole rings is 1. The minimum atomic E-state index is 0.0752. The summed E-state index contributed by atoms with van der Waals surface area (Å²) in [5.74, 6) is 1.05. The van der Waals surface area contributed by atoms with Crippen molar-refractivity contribution in [2.45, 2.75) is 44.7 Å². The fourth-order valence-electron chi connectivity index (χ4n) is 2.61. The van der Waals surface area contributed by atoms with Gasteiger partial charge in [0.2, 0.25) is 0 Å². The van der Waals surface area contributed by atoms with Crippen molar-refractivity contribution in [2.24, 2.45) is 0 Å². The molecule has 0 radical (unpaired) electrons. The van der Waals surface area contributed by atoms with Crippen LogP contribution < -0.4 is 5.32 Å². The molecule has 3 rings (SSSR count). The highest BCUT2D eigenvalue weighted by molar-refractivity contribution is 5.42. The SMILES string of the molecule is CC(C)NCc1ncoc1C1(c2ccccc2)CC1. The maximum absolute atomic E-state index is 5.73. The predicted octanol–water partition coefficient (Wildman–Crippen LogP) is 3.25. The molecule has 3 heteroatoms. The van der Waals surface area contributed by atoms with E-state index in [0.717, 1.165) is 30.8 Å². The number of benzene rings is 1. The van der Waals surface area contributed by atoms with Crippen LogP contribution in [0.25, 0.3) is 0 Å². The Morgan fingerprint density at radius 2 is 2.00 bits per heavy atom. The average Bonchev–Trinajstić information content (AvgIpc) is 3.10. The summed E-state index contributed by atoms with van der Waals surface area (Å²) in [4.78, 5) is 4.39. The van der Waals surface area contributed by atoms with Crippen LogP contribution in [-0.2, 0) is 12.0 Å². The van der Waals surface area contributed by atoms with Gasteiger partial charge in [-0.2, -0.15) is 0 Å². The van der Waals surface area contributed by atoms with E-state index in [9.17, 15) is 0 Å². The lowest BCUT2D eigenvalue weighted by atomic mass is 9.92. The summed E-state index contributed by atoms with van der Waals surface area (Å²) in [6.07, 6.45) is 3.89. The van der Waals surface area contributed by atoms with Crippen molar-refractivity contribution in [2.75, 3.05) is 0 Å². The molecule has 1 saturated carbocycles. The molecule has 0 unspecified atom stereocenters. The molecule has 1 fully saturated rings. The maximum Gasteiger partial charge on any atom is 0.181 e. The summed E-state index contributed by atoms with van der Waals surface area (Å²) >= 11 is 0. The Hall–Kier alpha value is -1.61. The molecule has 19 heavy (non-hydrogen) atoms. The van der Waals surface area contributed by atoms with Gasteiger partial charge in [0.05, 0.1) is 11.1 Å². The second-order valence-corrected chi connectivity index (χ2v) is 5.61. The van der Waals surface area contributed by atoms with E-state index >= 15 is 0 Å². The van der Waals surface area contributed by atoms with Gasteiger partial charge in [0.1, 0.15) is 5.76 Å². The normalized spacial score (nSPS) is 16.8. The van der Waals surface area contributed by atoms with E-state index in [1.54, 1.807) is 6.39 Å². The van der Waals surface area contributed by atoms with Gasteiger partial charge in [0.15, 0.2) is 6.39 Å². The average molecular weight is 256 g/mol. The number of aromatic nitrogens is 1. The third-order valence-corrected chi connectivity index (χ3v) is 3.83. The molecule has 100 valence electrons. The van der Waals surface area contributed by atoms with Crippen LogP contribution in [0.2, 0.25) is 0 Å². The summed E-state index contributed by atoms with van der Waals surface area (Å²) in [7, 11) is 0. The maximum atomic E-state index is 5.73. The van der Waals surface area contributed by atoms with Crippen LogP contribution in [-0.4, -0.2) is 11.0 Å². The molecule has 1 aliphatic carbocycles. The van der Waals surface area contributed by atoms with Crippen molar-refractivity contribution in [3.63, 3.8) is 0 Å². The highest BCUT2D eigenvalue weighted by atomic mass is 16.3. The second-order valence-electron chi connectivity index (χ2n) is 5.61. The largest absolute Gasteiger partial charge is 0.447 e. The van der Waals surface area contributed by atoms with Gasteiger partial charge >= 0.3 is 0 Å². The highest BCUT2D eigenvalue weighted by Gasteiger charge is 2.50. The van der Waals surface area contributed by atoms with Gasteiger partial charge in [-0.15, -0.1) is 0 Å². The van der Waals surface area contributed by atoms with Gasteiger partial charge < -0.3 is 9.73 Å². The predicted molar refractivity (Wildman–Crippen MR) is 74.9 cm³/mol. The van der Waals surface area contributed by atoms with Crippen molar-refractivity contribution in [3.8, 4) is 0 Å². The van der Waals surface area contributed by atoms with Crippen molar-refractivity contribution < 1.29 is 4.42 Å². The molecule has 0 saturated heterocycles. The van der Waals surface area contributed by atoms with Gasteiger partial charge in [-0.25, -0.2) is 4.98 Å². The first kappa shape index (κ1) is 12.4. The first-order valence-corrected chi connectivity index (χ1v) is 6.94. The molecule has 1 aromatic heterocycles. The Morgan fingerprint density at radius 1 is 1.26 bits per heavy atom. The molecule has 0 bridgehead atoms. The topological polar surface area (TPSA) is 38.1 Å². The first-order valence-electron chi connectivity index (χ1n) is 6.94. The van der Waals surface area contributed by atoms with Gasteiger partial charge in [-0.1, -0.05) is 44.2 Å². The summed E-state index contributed by atoms with van der Waals surface area (Å²) in [5.41, 5.74) is 2.47. The highest BCUT2D eigenvalue weighted by Crippen LogP contribution is 2.54. The Kier molecular flexibility index (Phi) is 3.15. The molecular formula is C16H20N2O. The summed E-state index contributed by atoms with van der Waals surface area (Å²) in [5, 5.41) is 3.42. The minimum Gasteiger partial charge on any atom is -0.447 e. The first-order chi connectivity index (χ1) is 9.22. The standard InChI is InChI=1S/C16H20N2O/c1-12(2)17-10-14-15(19-11-18-14)16(8-9-16)13-6-4-3-5-7-13/h3-7,11-12,17H,8-10H2,1-2H3. The molecule has 1 heterocycles. The van der Waals surface area contributed by atoms with Crippen LogP contribution in [0.3, 0.4) is 0 Å². The number of rotatable bonds is 5. The number of hydrogen-bond donors (Lipinski definition) is 1. The van der Waals surface area contributed by atoms with Crippen molar-refractivity contribution in [3.05, 3.63) is 53.7 Å². The smallest absolute Gasteiger partial charge is 0.181 e. The van der Waals surface area contributed by atoms with Gasteiger partial charge in [-0.05, 0) is 18.4 Å². The molecule has 0 spiro atoms. The van der Waals surface area contributed by atoms with Crippen LogP contribution in [0.15, 0.2) is 41.1 Å². The molecular weight excluding hydrogens is 236 g/mol. The van der Waals surface area contributed by atoms with Crippen LogP contribution in [0, 0.1) is 0 Å². The third-order valence-electron chi connectivity index (χ3n) is 3.83. The molecule has 0 atom stereocenters. The molecule has 0 aliphatic heterocycles. The minimum absolute atomic E-state index is 0.0752. The summed E-state index contributed by atoms with van der Waals surface area (Å²) in [6, 6.07) is 11.1. The molecule has 1 aliphatic rings. The van der Waals surface area contributed by atoms with Gasteiger partial charge in [-0.3, -0.25) is 0 Å². The molecule has 1 N–H and O–H groups in total. The van der Waals surface area contributed by atoms with Crippen molar-refractivity contribution in [1.82, 2.24) is 10.3 Å². The van der Waals surface area contributed by atoms with E-state index in [-0.39, 0.29) is 5.41 Å². The monoisotopic (exact) mass is 256 g/mol. The van der Waals surface area contributed by atoms with E-state index in [2.05, 4.69) is 54.5 Å². The van der Waals surface area contributed by atoms with Crippen molar-refractivity contribution >= 4 is 0 Å². The Morgan fingerprint density at radius 3 is 2.63 bits per heavy atom. The third kappa shape index (κ3) is 2.30. The molecule has 1 aromatic carbocycles. The van der Waals surface area contributed by atoms with Gasteiger partial charge in [0, 0.05) is 12.6 Å². The quantitative estimate of drug-likeness (QED) is 0.892. The Bertz CT molecular complexity index is 541. The lowest BCUT2D eigenvalue weighted by Gasteiger charge is -2.15. The zero-order chi connectivity index (χ0) is 13.3. The van der Waals surface area contributed by atoms with Gasteiger partial charge in [0.25, 0.3) is 0 Å². The van der Waals surface area contributed by atoms with E-state index in [0.29, 0.717) is 6.04 Å². The van der Waals surface area contributed by atoms with Crippen LogP contribution in [0.1, 0.15) is 43.7 Å². The van der Waals surface area contributed by atoms with E-state index < -0.39 is 0 Å². The summed E-state index contributed by atoms with van der Waals surface area (Å²) < 4.78 is 5.73. The fraction of sp³-hybridized carbons (Fsp3) is 0.438.